The van der Waals surface area contributed by atoms with Gasteiger partial charge in [-0.2, -0.15) is 0 Å². The monoisotopic (exact) mass is 173 g/mol. The molecule has 0 radical (unpaired) electrons. The second-order valence-electron chi connectivity index (χ2n) is 3.40. The molecular formula is C10H23NO. The lowest BCUT2D eigenvalue weighted by Crippen LogP contribution is -2.16. The minimum absolute atomic E-state index is 0.298. The Bertz CT molecular complexity index is 85.9. The molecule has 0 aliphatic heterocycles. The molecule has 0 rings (SSSR count). The minimum Gasteiger partial charge on any atom is -0.301 e. The lowest BCUT2D eigenvalue weighted by molar-refractivity contribution is 0.0391. The van der Waals surface area contributed by atoms with Gasteiger partial charge in [-0.3, -0.25) is 0 Å². The Morgan fingerprint density at radius 2 is 1.75 bits per heavy atom. The Morgan fingerprint density at radius 3 is 2.25 bits per heavy atom. The Kier molecular flexibility index (Phi) is 8.95. The van der Waals surface area contributed by atoms with Crippen molar-refractivity contribution in [3.05, 3.63) is 0 Å². The van der Waals surface area contributed by atoms with Crippen molar-refractivity contribution in [2.75, 3.05) is 0 Å². The predicted octanol–water partition coefficient (Wildman–Crippen LogP) is 3.02. The van der Waals surface area contributed by atoms with E-state index in [1.807, 2.05) is 0 Å². The van der Waals surface area contributed by atoms with Crippen LogP contribution in [0.15, 0.2) is 0 Å². The van der Waals surface area contributed by atoms with Crippen LogP contribution in [0.1, 0.15) is 58.8 Å². The summed E-state index contributed by atoms with van der Waals surface area (Å²) in [6.45, 7) is 4.39. The lowest BCUT2D eigenvalue weighted by Gasteiger charge is -2.12. The van der Waals surface area contributed by atoms with Crippen molar-refractivity contribution >= 4 is 0 Å². The minimum atomic E-state index is 0.298. The third kappa shape index (κ3) is 6.62. The van der Waals surface area contributed by atoms with E-state index in [4.69, 9.17) is 10.7 Å². The summed E-state index contributed by atoms with van der Waals surface area (Å²) in [5.41, 5.74) is 0. The molecule has 0 aromatic heterocycles. The van der Waals surface area contributed by atoms with Crippen molar-refractivity contribution in [3.8, 4) is 0 Å². The van der Waals surface area contributed by atoms with Gasteiger partial charge in [0.1, 0.15) is 0 Å². The molecule has 0 saturated heterocycles. The number of hydrogen-bond acceptors (Lipinski definition) is 2. The third-order valence-corrected chi connectivity index (χ3v) is 2.18. The number of rotatable bonds is 8. The summed E-state index contributed by atoms with van der Waals surface area (Å²) in [5.74, 6) is 5.17. The molecule has 1 unspecified atom stereocenters. The van der Waals surface area contributed by atoms with Crippen molar-refractivity contribution in [1.29, 1.82) is 0 Å². The summed E-state index contributed by atoms with van der Waals surface area (Å²) in [6, 6.07) is 0. The highest BCUT2D eigenvalue weighted by Gasteiger charge is 2.05. The maximum Gasteiger partial charge on any atom is 0.0787 e. The molecule has 0 amide bonds. The normalized spacial score (nSPS) is 13.2. The van der Waals surface area contributed by atoms with Gasteiger partial charge < -0.3 is 4.84 Å². The van der Waals surface area contributed by atoms with Crippen LogP contribution in [0.3, 0.4) is 0 Å². The van der Waals surface area contributed by atoms with E-state index in [1.165, 1.54) is 25.7 Å². The largest absolute Gasteiger partial charge is 0.301 e. The Balaban J connectivity index is 3.19. The zero-order valence-corrected chi connectivity index (χ0v) is 8.51. The Morgan fingerprint density at radius 1 is 1.00 bits per heavy atom. The summed E-state index contributed by atoms with van der Waals surface area (Å²) in [4.78, 5) is 4.87. The lowest BCUT2D eigenvalue weighted by atomic mass is 10.1. The van der Waals surface area contributed by atoms with E-state index >= 15 is 0 Å². The van der Waals surface area contributed by atoms with Crippen molar-refractivity contribution in [3.63, 3.8) is 0 Å². The average Bonchev–Trinajstić information content (AvgIpc) is 2.10. The third-order valence-electron chi connectivity index (χ3n) is 2.18. The van der Waals surface area contributed by atoms with Crippen molar-refractivity contribution < 1.29 is 4.84 Å². The first-order valence-corrected chi connectivity index (χ1v) is 5.20. The highest BCUT2D eigenvalue weighted by atomic mass is 16.6. The van der Waals surface area contributed by atoms with E-state index in [2.05, 4.69) is 13.8 Å². The second-order valence-corrected chi connectivity index (χ2v) is 3.40. The molecule has 2 N–H and O–H groups in total. The topological polar surface area (TPSA) is 35.2 Å². The smallest absolute Gasteiger partial charge is 0.0787 e. The molecule has 0 spiro atoms. The van der Waals surface area contributed by atoms with Crippen LogP contribution in [0.2, 0.25) is 0 Å². The molecule has 0 aromatic carbocycles. The molecule has 2 nitrogen and oxygen atoms in total. The van der Waals surface area contributed by atoms with Gasteiger partial charge in [0.05, 0.1) is 6.10 Å². The molecule has 0 aliphatic rings. The van der Waals surface area contributed by atoms with Crippen LogP contribution in [0, 0.1) is 0 Å². The van der Waals surface area contributed by atoms with Gasteiger partial charge in [0.25, 0.3) is 0 Å². The van der Waals surface area contributed by atoms with Gasteiger partial charge in [-0.1, -0.05) is 46.0 Å². The van der Waals surface area contributed by atoms with Crippen LogP contribution >= 0.6 is 0 Å². The van der Waals surface area contributed by atoms with E-state index in [0.717, 1.165) is 19.3 Å². The van der Waals surface area contributed by atoms with Crippen molar-refractivity contribution in [1.82, 2.24) is 0 Å². The number of unbranched alkanes of at least 4 members (excludes halogenated alkanes) is 3. The van der Waals surface area contributed by atoms with Gasteiger partial charge >= 0.3 is 0 Å². The fourth-order valence-electron chi connectivity index (χ4n) is 1.40. The first kappa shape index (κ1) is 11.9. The van der Waals surface area contributed by atoms with Gasteiger partial charge in [0.2, 0.25) is 0 Å². The highest BCUT2D eigenvalue weighted by molar-refractivity contribution is 4.56. The van der Waals surface area contributed by atoms with Crippen LogP contribution in [0.5, 0.6) is 0 Å². The van der Waals surface area contributed by atoms with Crippen LogP contribution in [0.4, 0.5) is 0 Å². The zero-order chi connectivity index (χ0) is 9.23. The van der Waals surface area contributed by atoms with Crippen molar-refractivity contribution in [2.45, 2.75) is 64.9 Å². The van der Waals surface area contributed by atoms with E-state index in [1.54, 1.807) is 0 Å². The number of hydrogen-bond donors (Lipinski definition) is 1. The molecule has 74 valence electrons. The van der Waals surface area contributed by atoms with E-state index in [9.17, 15) is 0 Å². The average molecular weight is 173 g/mol. The molecule has 12 heavy (non-hydrogen) atoms. The highest BCUT2D eigenvalue weighted by Crippen LogP contribution is 2.10. The standard InChI is InChI=1S/C10H23NO/c1-3-5-6-7-9-10(12-11)8-4-2/h10H,3-9,11H2,1-2H3. The number of nitrogens with two attached hydrogens (primary N) is 1. The molecule has 1 atom stereocenters. The molecule has 0 heterocycles. The first-order valence-electron chi connectivity index (χ1n) is 5.20. The predicted molar refractivity (Wildman–Crippen MR) is 52.7 cm³/mol. The molecule has 2 heteroatoms. The van der Waals surface area contributed by atoms with Gasteiger partial charge in [-0.05, 0) is 12.8 Å². The SMILES string of the molecule is CCCCCCC(CCC)ON. The van der Waals surface area contributed by atoms with Crippen LogP contribution in [0.25, 0.3) is 0 Å². The summed E-state index contributed by atoms with van der Waals surface area (Å²) < 4.78 is 0. The maximum atomic E-state index is 5.17. The maximum absolute atomic E-state index is 5.17. The molecular weight excluding hydrogens is 150 g/mol. The molecule has 0 aromatic rings. The fraction of sp³-hybridized carbons (Fsp3) is 1.00. The summed E-state index contributed by atoms with van der Waals surface area (Å²) in [7, 11) is 0. The summed E-state index contributed by atoms with van der Waals surface area (Å²) in [6.07, 6.45) is 8.90. The molecule has 0 saturated carbocycles. The van der Waals surface area contributed by atoms with Gasteiger partial charge in [0, 0.05) is 0 Å². The quantitative estimate of drug-likeness (QED) is 0.452. The van der Waals surface area contributed by atoms with Crippen molar-refractivity contribution in [2.24, 2.45) is 5.90 Å². The van der Waals surface area contributed by atoms with Gasteiger partial charge in [-0.15, -0.1) is 0 Å². The molecule has 0 aliphatic carbocycles. The van der Waals surface area contributed by atoms with Crippen LogP contribution in [-0.4, -0.2) is 6.10 Å². The Labute approximate surface area is 76.4 Å². The summed E-state index contributed by atoms with van der Waals surface area (Å²) >= 11 is 0. The van der Waals surface area contributed by atoms with Crippen LogP contribution < -0.4 is 5.90 Å². The first-order chi connectivity index (χ1) is 5.85. The van der Waals surface area contributed by atoms with Gasteiger partial charge in [-0.25, -0.2) is 5.90 Å². The van der Waals surface area contributed by atoms with E-state index in [-0.39, 0.29) is 0 Å². The van der Waals surface area contributed by atoms with Gasteiger partial charge in [0.15, 0.2) is 0 Å². The molecule has 0 fully saturated rings. The van der Waals surface area contributed by atoms with E-state index in [0.29, 0.717) is 6.10 Å². The second kappa shape index (κ2) is 9.01. The molecule has 0 bridgehead atoms. The Hall–Kier alpha value is -0.0800. The summed E-state index contributed by atoms with van der Waals surface area (Å²) in [5, 5.41) is 0. The van der Waals surface area contributed by atoms with Crippen LogP contribution in [-0.2, 0) is 4.84 Å². The van der Waals surface area contributed by atoms with E-state index < -0.39 is 0 Å². The fourth-order valence-corrected chi connectivity index (χ4v) is 1.40. The zero-order valence-electron chi connectivity index (χ0n) is 8.51.